The van der Waals surface area contributed by atoms with Gasteiger partial charge in [0.15, 0.2) is 0 Å². The smallest absolute Gasteiger partial charge is 0.264 e. The summed E-state index contributed by atoms with van der Waals surface area (Å²) in [5, 5.41) is 0.401. The van der Waals surface area contributed by atoms with Crippen molar-refractivity contribution in [1.29, 1.82) is 0 Å². The molecule has 2 aromatic heterocycles. The lowest BCUT2D eigenvalue weighted by molar-refractivity contribution is 0.0973. The van der Waals surface area contributed by atoms with E-state index in [0.29, 0.717) is 52.5 Å². The first-order chi connectivity index (χ1) is 14.8. The van der Waals surface area contributed by atoms with Gasteiger partial charge in [-0.25, -0.2) is 9.97 Å². The van der Waals surface area contributed by atoms with Crippen molar-refractivity contribution in [3.63, 3.8) is 0 Å². The quantitative estimate of drug-likeness (QED) is 0.711. The van der Waals surface area contributed by atoms with Crippen LogP contribution < -0.4 is 21.9 Å². The molecule has 2 fully saturated rings. The molecule has 2 saturated heterocycles. The SMILES string of the molecule is C[C@@H]1OCC2(CCN(c3nc4c(c(=O)n3C)C(c3cc(N)ncc3Cl)=NC4)CC2)[C@@H]1N. The summed E-state index contributed by atoms with van der Waals surface area (Å²) < 4.78 is 7.42. The summed E-state index contributed by atoms with van der Waals surface area (Å²) in [7, 11) is 1.75. The Balaban J connectivity index is 1.45. The van der Waals surface area contributed by atoms with E-state index >= 15 is 0 Å². The van der Waals surface area contributed by atoms with E-state index in [0.717, 1.165) is 25.9 Å². The third-order valence-electron chi connectivity index (χ3n) is 6.99. The number of ether oxygens (including phenoxy) is 1. The molecule has 0 saturated carbocycles. The fourth-order valence-corrected chi connectivity index (χ4v) is 5.18. The monoisotopic (exact) mass is 443 g/mol. The van der Waals surface area contributed by atoms with Gasteiger partial charge in [-0.3, -0.25) is 14.4 Å². The van der Waals surface area contributed by atoms with Gasteiger partial charge in [0.05, 0.1) is 41.2 Å². The molecule has 2 aromatic rings. The molecule has 0 amide bonds. The largest absolute Gasteiger partial charge is 0.384 e. The first-order valence-electron chi connectivity index (χ1n) is 10.5. The topological polar surface area (TPSA) is 125 Å². The van der Waals surface area contributed by atoms with Gasteiger partial charge in [-0.15, -0.1) is 0 Å². The van der Waals surface area contributed by atoms with Gasteiger partial charge >= 0.3 is 0 Å². The summed E-state index contributed by atoms with van der Waals surface area (Å²) in [6, 6.07) is 1.68. The van der Waals surface area contributed by atoms with Crippen LogP contribution in [0, 0.1) is 5.41 Å². The Kier molecular flexibility index (Phi) is 4.80. The standard InChI is InChI=1S/C21H26ClN7O2/c1-11-18(24)21(10-31-11)3-5-29(6-4-21)20-27-14-9-26-17(16(14)19(30)28(20)2)12-7-15(23)25-8-13(12)22/h7-8,11,18H,3-6,9-10,24H2,1-2H3,(H2,23,25)/t11-,18+/m0/s1. The number of nitrogens with two attached hydrogens (primary N) is 2. The van der Waals surface area contributed by atoms with Gasteiger partial charge < -0.3 is 21.1 Å². The van der Waals surface area contributed by atoms with E-state index in [1.165, 1.54) is 6.20 Å². The van der Waals surface area contributed by atoms with Crippen LogP contribution in [0.5, 0.6) is 0 Å². The van der Waals surface area contributed by atoms with Crippen molar-refractivity contribution in [3.05, 3.63) is 44.5 Å². The second-order valence-corrected chi connectivity index (χ2v) is 9.15. The van der Waals surface area contributed by atoms with Crippen molar-refractivity contribution in [2.45, 2.75) is 38.5 Å². The van der Waals surface area contributed by atoms with Gasteiger partial charge in [-0.2, -0.15) is 0 Å². The molecule has 5 rings (SSSR count). The highest BCUT2D eigenvalue weighted by molar-refractivity contribution is 6.35. The highest BCUT2D eigenvalue weighted by Gasteiger charge is 2.48. The molecule has 9 nitrogen and oxygen atoms in total. The van der Waals surface area contributed by atoms with E-state index in [4.69, 9.17) is 32.8 Å². The minimum atomic E-state index is -0.141. The summed E-state index contributed by atoms with van der Waals surface area (Å²) >= 11 is 6.31. The molecule has 5 heterocycles. The number of rotatable bonds is 2. The molecule has 0 aromatic carbocycles. The molecule has 31 heavy (non-hydrogen) atoms. The van der Waals surface area contributed by atoms with Crippen LogP contribution in [0.15, 0.2) is 22.1 Å². The Morgan fingerprint density at radius 2 is 2.06 bits per heavy atom. The number of nitrogens with zero attached hydrogens (tertiary/aromatic N) is 5. The van der Waals surface area contributed by atoms with Crippen LogP contribution in [0.2, 0.25) is 5.02 Å². The van der Waals surface area contributed by atoms with Crippen LogP contribution in [0.4, 0.5) is 11.8 Å². The van der Waals surface area contributed by atoms with Crippen LogP contribution in [-0.4, -0.2) is 52.1 Å². The fraction of sp³-hybridized carbons (Fsp3) is 0.524. The van der Waals surface area contributed by atoms with Crippen LogP contribution in [0.3, 0.4) is 0 Å². The Bertz CT molecular complexity index is 1140. The van der Waals surface area contributed by atoms with Crippen molar-refractivity contribution in [3.8, 4) is 0 Å². The summed E-state index contributed by atoms with van der Waals surface area (Å²) in [6.45, 7) is 4.64. The molecule has 0 radical (unpaired) electrons. The normalized spacial score (nSPS) is 24.5. The number of halogens is 1. The first kappa shape index (κ1) is 20.4. The average molecular weight is 444 g/mol. The summed E-state index contributed by atoms with van der Waals surface area (Å²) in [6.07, 6.45) is 3.39. The van der Waals surface area contributed by atoms with Gasteiger partial charge in [0.2, 0.25) is 5.95 Å². The molecule has 0 bridgehead atoms. The van der Waals surface area contributed by atoms with Crippen LogP contribution in [-0.2, 0) is 18.3 Å². The minimum Gasteiger partial charge on any atom is -0.384 e. The van der Waals surface area contributed by atoms with Gasteiger partial charge in [0.1, 0.15) is 5.82 Å². The van der Waals surface area contributed by atoms with Gasteiger partial charge in [-0.1, -0.05) is 11.6 Å². The number of aliphatic imine (C=N–C) groups is 1. The molecular weight excluding hydrogens is 418 g/mol. The molecule has 1 spiro atoms. The van der Waals surface area contributed by atoms with E-state index in [2.05, 4.69) is 14.9 Å². The van der Waals surface area contributed by atoms with Crippen molar-refractivity contribution in [1.82, 2.24) is 14.5 Å². The Morgan fingerprint density at radius 3 is 2.74 bits per heavy atom. The van der Waals surface area contributed by atoms with E-state index < -0.39 is 0 Å². The zero-order chi connectivity index (χ0) is 21.9. The lowest BCUT2D eigenvalue weighted by Crippen LogP contribution is -2.51. The Labute approximate surface area is 185 Å². The Hall–Kier alpha value is -2.49. The second kappa shape index (κ2) is 7.29. The van der Waals surface area contributed by atoms with Crippen LogP contribution in [0.1, 0.15) is 36.6 Å². The van der Waals surface area contributed by atoms with E-state index in [1.54, 1.807) is 17.7 Å². The zero-order valence-electron chi connectivity index (χ0n) is 17.6. The number of anilines is 2. The van der Waals surface area contributed by atoms with Crippen molar-refractivity contribution >= 4 is 29.1 Å². The van der Waals surface area contributed by atoms with Crippen LogP contribution in [0.25, 0.3) is 0 Å². The molecule has 0 unspecified atom stereocenters. The molecule has 164 valence electrons. The van der Waals surface area contributed by atoms with Gasteiger partial charge in [0.25, 0.3) is 5.56 Å². The number of fused-ring (bicyclic) bond motifs is 1. The molecule has 10 heteroatoms. The average Bonchev–Trinajstić information content (AvgIpc) is 3.30. The van der Waals surface area contributed by atoms with Crippen molar-refractivity contribution in [2.75, 3.05) is 30.3 Å². The maximum atomic E-state index is 13.3. The summed E-state index contributed by atoms with van der Waals surface area (Å²) in [4.78, 5) is 28.9. The van der Waals surface area contributed by atoms with Gasteiger partial charge in [0, 0.05) is 43.4 Å². The van der Waals surface area contributed by atoms with E-state index in [9.17, 15) is 4.79 Å². The minimum absolute atomic E-state index is 0.0137. The number of nitrogen functional groups attached to an aromatic ring is 1. The molecular formula is C21H26ClN7O2. The predicted molar refractivity (Wildman–Crippen MR) is 120 cm³/mol. The number of hydrogen-bond donors (Lipinski definition) is 2. The fourth-order valence-electron chi connectivity index (χ4n) is 4.98. The Morgan fingerprint density at radius 1 is 1.32 bits per heavy atom. The van der Waals surface area contributed by atoms with E-state index in [-0.39, 0.29) is 23.1 Å². The van der Waals surface area contributed by atoms with Gasteiger partial charge in [-0.05, 0) is 25.8 Å². The number of piperidine rings is 1. The number of aromatic nitrogens is 3. The third kappa shape index (κ3) is 3.14. The maximum absolute atomic E-state index is 13.3. The zero-order valence-corrected chi connectivity index (χ0v) is 18.4. The highest BCUT2D eigenvalue weighted by atomic mass is 35.5. The lowest BCUT2D eigenvalue weighted by atomic mass is 9.73. The lowest BCUT2D eigenvalue weighted by Gasteiger charge is -2.41. The highest BCUT2D eigenvalue weighted by Crippen LogP contribution is 2.41. The summed E-state index contributed by atoms with van der Waals surface area (Å²) in [5.74, 6) is 0.985. The molecule has 0 aliphatic carbocycles. The third-order valence-corrected chi connectivity index (χ3v) is 7.29. The second-order valence-electron chi connectivity index (χ2n) is 8.74. The van der Waals surface area contributed by atoms with Crippen LogP contribution >= 0.6 is 11.6 Å². The molecule has 2 atom stereocenters. The van der Waals surface area contributed by atoms with Crippen molar-refractivity contribution < 1.29 is 4.74 Å². The van der Waals surface area contributed by atoms with E-state index in [1.807, 2.05) is 6.92 Å². The van der Waals surface area contributed by atoms with Crippen molar-refractivity contribution in [2.24, 2.45) is 23.2 Å². The molecule has 4 N–H and O–H groups in total. The predicted octanol–water partition coefficient (Wildman–Crippen LogP) is 1.09. The first-order valence-corrected chi connectivity index (χ1v) is 10.9. The molecule has 3 aliphatic heterocycles. The number of pyridine rings is 1. The summed E-state index contributed by atoms with van der Waals surface area (Å²) in [5.41, 5.74) is 14.4. The maximum Gasteiger partial charge on any atom is 0.264 e. The molecule has 3 aliphatic rings. The number of hydrogen-bond acceptors (Lipinski definition) is 8.